The van der Waals surface area contributed by atoms with E-state index in [1.54, 1.807) is 0 Å². The topological polar surface area (TPSA) is 28.2 Å². The SMILES string of the molecule is c1ccc(Cc2ccnc(N3CCNCC3)c2Cc2ccccc2)cc1. The van der Waals surface area contributed by atoms with E-state index in [1.807, 2.05) is 6.20 Å². The zero-order valence-corrected chi connectivity index (χ0v) is 15.1. The Morgan fingerprint density at radius 2 is 1.38 bits per heavy atom. The van der Waals surface area contributed by atoms with Crippen LogP contribution in [0.5, 0.6) is 0 Å². The van der Waals surface area contributed by atoms with Crippen molar-refractivity contribution in [1.29, 1.82) is 0 Å². The lowest BCUT2D eigenvalue weighted by atomic mass is 9.95. The fraction of sp³-hybridized carbons (Fsp3) is 0.261. The number of nitrogens with zero attached hydrogens (tertiary/aromatic N) is 2. The van der Waals surface area contributed by atoms with Crippen LogP contribution in [0.2, 0.25) is 0 Å². The normalized spacial score (nSPS) is 14.4. The van der Waals surface area contributed by atoms with Gasteiger partial charge in [-0.3, -0.25) is 0 Å². The third-order valence-electron chi connectivity index (χ3n) is 5.01. The fourth-order valence-corrected chi connectivity index (χ4v) is 3.64. The van der Waals surface area contributed by atoms with Gasteiger partial charge in [0.2, 0.25) is 0 Å². The van der Waals surface area contributed by atoms with Gasteiger partial charge in [0.25, 0.3) is 0 Å². The van der Waals surface area contributed by atoms with Gasteiger partial charge in [-0.1, -0.05) is 60.7 Å². The molecule has 3 heteroatoms. The summed E-state index contributed by atoms with van der Waals surface area (Å²) in [5.41, 5.74) is 5.43. The third kappa shape index (κ3) is 3.94. The maximum absolute atomic E-state index is 4.80. The molecular formula is C23H25N3. The van der Waals surface area contributed by atoms with Gasteiger partial charge in [-0.2, -0.15) is 0 Å². The molecule has 26 heavy (non-hydrogen) atoms. The van der Waals surface area contributed by atoms with Crippen LogP contribution in [-0.4, -0.2) is 31.2 Å². The average Bonchev–Trinajstić information content (AvgIpc) is 2.71. The van der Waals surface area contributed by atoms with Gasteiger partial charge in [-0.05, 0) is 29.2 Å². The highest BCUT2D eigenvalue weighted by Crippen LogP contribution is 2.26. The van der Waals surface area contributed by atoms with Crippen molar-refractivity contribution in [2.24, 2.45) is 0 Å². The standard InChI is InChI=1S/C23H25N3/c1-3-7-19(8-4-1)17-21-11-12-25-23(26-15-13-24-14-16-26)22(21)18-20-9-5-2-6-10-20/h1-12,24H,13-18H2. The van der Waals surface area contributed by atoms with Crippen molar-refractivity contribution in [2.75, 3.05) is 31.1 Å². The van der Waals surface area contributed by atoms with Crippen molar-refractivity contribution in [2.45, 2.75) is 12.8 Å². The van der Waals surface area contributed by atoms with E-state index in [-0.39, 0.29) is 0 Å². The van der Waals surface area contributed by atoms with E-state index in [0.29, 0.717) is 0 Å². The number of aromatic nitrogens is 1. The molecule has 0 saturated carbocycles. The van der Waals surface area contributed by atoms with Gasteiger partial charge in [0.1, 0.15) is 5.82 Å². The predicted molar refractivity (Wildman–Crippen MR) is 108 cm³/mol. The Morgan fingerprint density at radius 3 is 2.04 bits per heavy atom. The Bertz CT molecular complexity index is 825. The monoisotopic (exact) mass is 343 g/mol. The molecule has 132 valence electrons. The number of pyridine rings is 1. The number of nitrogens with one attached hydrogen (secondary N) is 1. The minimum absolute atomic E-state index is 0.927. The molecule has 0 bridgehead atoms. The minimum Gasteiger partial charge on any atom is -0.354 e. The molecule has 1 aliphatic heterocycles. The molecule has 1 N–H and O–H groups in total. The van der Waals surface area contributed by atoms with E-state index in [0.717, 1.165) is 44.8 Å². The smallest absolute Gasteiger partial charge is 0.132 e. The molecule has 2 aromatic carbocycles. The largest absolute Gasteiger partial charge is 0.354 e. The van der Waals surface area contributed by atoms with Crippen LogP contribution in [0.3, 0.4) is 0 Å². The average molecular weight is 343 g/mol. The van der Waals surface area contributed by atoms with Crippen LogP contribution in [0.4, 0.5) is 5.82 Å². The molecule has 1 fully saturated rings. The number of benzene rings is 2. The molecule has 0 unspecified atom stereocenters. The van der Waals surface area contributed by atoms with Crippen LogP contribution in [0.25, 0.3) is 0 Å². The first-order chi connectivity index (χ1) is 12.9. The van der Waals surface area contributed by atoms with E-state index in [1.165, 1.54) is 22.3 Å². The second-order valence-electron chi connectivity index (χ2n) is 6.83. The maximum Gasteiger partial charge on any atom is 0.132 e. The van der Waals surface area contributed by atoms with Crippen LogP contribution >= 0.6 is 0 Å². The van der Waals surface area contributed by atoms with E-state index < -0.39 is 0 Å². The zero-order chi connectivity index (χ0) is 17.6. The lowest BCUT2D eigenvalue weighted by Crippen LogP contribution is -2.44. The summed E-state index contributed by atoms with van der Waals surface area (Å²) in [6.45, 7) is 4.08. The molecule has 1 saturated heterocycles. The molecule has 0 radical (unpaired) electrons. The second kappa shape index (κ2) is 8.15. The zero-order valence-electron chi connectivity index (χ0n) is 15.1. The van der Waals surface area contributed by atoms with Crippen molar-refractivity contribution >= 4 is 5.82 Å². The third-order valence-corrected chi connectivity index (χ3v) is 5.01. The molecular weight excluding hydrogens is 318 g/mol. The highest BCUT2D eigenvalue weighted by molar-refractivity contribution is 5.54. The first-order valence-corrected chi connectivity index (χ1v) is 9.40. The number of rotatable bonds is 5. The Balaban J connectivity index is 1.72. The summed E-state index contributed by atoms with van der Waals surface area (Å²) in [6.07, 6.45) is 3.85. The predicted octanol–water partition coefficient (Wildman–Crippen LogP) is 3.67. The highest BCUT2D eigenvalue weighted by atomic mass is 15.2. The van der Waals surface area contributed by atoms with Gasteiger partial charge in [0.05, 0.1) is 0 Å². The molecule has 3 aromatic rings. The van der Waals surface area contributed by atoms with Gasteiger partial charge in [-0.25, -0.2) is 4.98 Å². The Kier molecular flexibility index (Phi) is 5.27. The summed E-state index contributed by atoms with van der Waals surface area (Å²) in [5.74, 6) is 1.16. The fourth-order valence-electron chi connectivity index (χ4n) is 3.64. The Hall–Kier alpha value is -2.65. The second-order valence-corrected chi connectivity index (χ2v) is 6.83. The van der Waals surface area contributed by atoms with Crippen LogP contribution < -0.4 is 10.2 Å². The first-order valence-electron chi connectivity index (χ1n) is 9.40. The number of piperazine rings is 1. The summed E-state index contributed by atoms with van der Waals surface area (Å²) >= 11 is 0. The van der Waals surface area contributed by atoms with E-state index in [4.69, 9.17) is 4.98 Å². The molecule has 1 aromatic heterocycles. The van der Waals surface area contributed by atoms with Crippen LogP contribution in [0.1, 0.15) is 22.3 Å². The van der Waals surface area contributed by atoms with Crippen molar-refractivity contribution in [3.63, 3.8) is 0 Å². The van der Waals surface area contributed by atoms with Gasteiger partial charge in [-0.15, -0.1) is 0 Å². The van der Waals surface area contributed by atoms with Crippen LogP contribution in [-0.2, 0) is 12.8 Å². The van der Waals surface area contributed by atoms with Crippen molar-refractivity contribution in [3.8, 4) is 0 Å². The van der Waals surface area contributed by atoms with Crippen molar-refractivity contribution in [1.82, 2.24) is 10.3 Å². The first kappa shape index (κ1) is 16.8. The number of hydrogen-bond acceptors (Lipinski definition) is 3. The van der Waals surface area contributed by atoms with E-state index in [2.05, 4.69) is 76.9 Å². The molecule has 1 aliphatic rings. The molecule has 0 spiro atoms. The van der Waals surface area contributed by atoms with Gasteiger partial charge in [0, 0.05) is 44.4 Å². The lowest BCUT2D eigenvalue weighted by Gasteiger charge is -2.31. The van der Waals surface area contributed by atoms with Crippen LogP contribution in [0, 0.1) is 0 Å². The number of anilines is 1. The quantitative estimate of drug-likeness (QED) is 0.766. The van der Waals surface area contributed by atoms with Crippen LogP contribution in [0.15, 0.2) is 72.9 Å². The molecule has 2 heterocycles. The van der Waals surface area contributed by atoms with Gasteiger partial charge >= 0.3 is 0 Å². The van der Waals surface area contributed by atoms with Gasteiger partial charge in [0.15, 0.2) is 0 Å². The molecule has 0 aliphatic carbocycles. The molecule has 0 atom stereocenters. The molecule has 4 rings (SSSR count). The Labute approximate surface area is 155 Å². The minimum atomic E-state index is 0.927. The van der Waals surface area contributed by atoms with Gasteiger partial charge < -0.3 is 10.2 Å². The lowest BCUT2D eigenvalue weighted by molar-refractivity contribution is 0.583. The van der Waals surface area contributed by atoms with Crippen molar-refractivity contribution < 1.29 is 0 Å². The Morgan fingerprint density at radius 1 is 0.769 bits per heavy atom. The molecule has 0 amide bonds. The number of hydrogen-bond donors (Lipinski definition) is 1. The van der Waals surface area contributed by atoms with E-state index in [9.17, 15) is 0 Å². The summed E-state index contributed by atoms with van der Waals surface area (Å²) in [7, 11) is 0. The summed E-state index contributed by atoms with van der Waals surface area (Å²) in [5, 5.41) is 3.44. The summed E-state index contributed by atoms with van der Waals surface area (Å²) in [6, 6.07) is 23.6. The summed E-state index contributed by atoms with van der Waals surface area (Å²) < 4.78 is 0. The highest BCUT2D eigenvalue weighted by Gasteiger charge is 2.18. The van der Waals surface area contributed by atoms with E-state index >= 15 is 0 Å². The van der Waals surface area contributed by atoms with Crippen molar-refractivity contribution in [3.05, 3.63) is 95.2 Å². The summed E-state index contributed by atoms with van der Waals surface area (Å²) in [4.78, 5) is 7.23. The maximum atomic E-state index is 4.80. The molecule has 3 nitrogen and oxygen atoms in total.